The molecule has 0 aromatic heterocycles. The normalized spacial score (nSPS) is 8.93. The van der Waals surface area contributed by atoms with Crippen LogP contribution in [-0.2, 0) is 14.3 Å². The SMILES string of the molecule is CC(=O)O.CC(C)(C)OC(=O)CN.Cl. The summed E-state index contributed by atoms with van der Waals surface area (Å²) in [7, 11) is 0. The molecule has 14 heavy (non-hydrogen) atoms. The summed E-state index contributed by atoms with van der Waals surface area (Å²) in [5, 5.41) is 7.42. The fourth-order valence-corrected chi connectivity index (χ4v) is 0.383. The number of ether oxygens (including phenoxy) is 1. The van der Waals surface area contributed by atoms with Gasteiger partial charge in [-0.05, 0) is 20.8 Å². The lowest BCUT2D eigenvalue weighted by molar-refractivity contribution is -0.152. The number of esters is 1. The van der Waals surface area contributed by atoms with Crippen LogP contribution in [0.4, 0.5) is 0 Å². The number of nitrogens with two attached hydrogens (primary N) is 1. The van der Waals surface area contributed by atoms with E-state index in [-0.39, 0.29) is 24.9 Å². The minimum absolute atomic E-state index is 0. The zero-order valence-corrected chi connectivity index (χ0v) is 9.68. The maximum absolute atomic E-state index is 10.5. The van der Waals surface area contributed by atoms with Gasteiger partial charge in [0.25, 0.3) is 5.97 Å². The highest BCUT2D eigenvalue weighted by atomic mass is 35.5. The quantitative estimate of drug-likeness (QED) is 0.647. The molecule has 0 saturated carbocycles. The average molecular weight is 228 g/mol. The number of halogens is 1. The van der Waals surface area contributed by atoms with Crippen LogP contribution in [0.1, 0.15) is 27.7 Å². The Morgan fingerprint density at radius 3 is 1.71 bits per heavy atom. The van der Waals surface area contributed by atoms with E-state index in [0.717, 1.165) is 6.92 Å². The van der Waals surface area contributed by atoms with Crippen LogP contribution in [0.2, 0.25) is 0 Å². The fourth-order valence-electron chi connectivity index (χ4n) is 0.383. The van der Waals surface area contributed by atoms with E-state index < -0.39 is 11.6 Å². The van der Waals surface area contributed by atoms with Crippen molar-refractivity contribution in [1.29, 1.82) is 0 Å². The highest BCUT2D eigenvalue weighted by Crippen LogP contribution is 2.05. The molecule has 0 aromatic rings. The van der Waals surface area contributed by atoms with Crippen molar-refractivity contribution in [2.24, 2.45) is 5.73 Å². The van der Waals surface area contributed by atoms with Crippen molar-refractivity contribution in [3.05, 3.63) is 0 Å². The van der Waals surface area contributed by atoms with Crippen LogP contribution < -0.4 is 5.73 Å². The van der Waals surface area contributed by atoms with Crippen LogP contribution in [0.15, 0.2) is 0 Å². The average Bonchev–Trinajstić information content (AvgIpc) is 1.82. The van der Waals surface area contributed by atoms with Gasteiger partial charge >= 0.3 is 5.97 Å². The third kappa shape index (κ3) is 30.3. The summed E-state index contributed by atoms with van der Waals surface area (Å²) < 4.78 is 4.82. The summed E-state index contributed by atoms with van der Waals surface area (Å²) in [6.45, 7) is 6.46. The first-order valence-electron chi connectivity index (χ1n) is 3.80. The summed E-state index contributed by atoms with van der Waals surface area (Å²) in [5.74, 6) is -1.19. The van der Waals surface area contributed by atoms with Gasteiger partial charge in [-0.3, -0.25) is 9.59 Å². The maximum atomic E-state index is 10.5. The highest BCUT2D eigenvalue weighted by Gasteiger charge is 2.13. The second kappa shape index (κ2) is 8.77. The molecule has 0 bridgehead atoms. The molecule has 0 aliphatic carbocycles. The monoisotopic (exact) mass is 227 g/mol. The summed E-state index contributed by atoms with van der Waals surface area (Å²) in [6, 6.07) is 0. The standard InChI is InChI=1S/C6H13NO2.C2H4O2.ClH/c1-6(2,3)9-5(8)4-7;1-2(3)4;/h4,7H2,1-3H3;1H3,(H,3,4);1H. The fraction of sp³-hybridized carbons (Fsp3) is 0.750. The van der Waals surface area contributed by atoms with Crippen LogP contribution in [-0.4, -0.2) is 29.2 Å². The smallest absolute Gasteiger partial charge is 0.320 e. The van der Waals surface area contributed by atoms with Crippen LogP contribution in [0, 0.1) is 0 Å². The van der Waals surface area contributed by atoms with E-state index in [1.165, 1.54) is 0 Å². The van der Waals surface area contributed by atoms with Gasteiger partial charge in [-0.2, -0.15) is 0 Å². The molecular formula is C8H18ClNO4. The van der Waals surface area contributed by atoms with Gasteiger partial charge in [0.2, 0.25) is 0 Å². The molecule has 86 valence electrons. The number of carbonyl (C=O) groups is 2. The summed E-state index contributed by atoms with van der Waals surface area (Å²) in [4.78, 5) is 19.5. The second-order valence-corrected chi connectivity index (χ2v) is 3.31. The Labute approximate surface area is 90.0 Å². The summed E-state index contributed by atoms with van der Waals surface area (Å²) in [6.07, 6.45) is 0. The van der Waals surface area contributed by atoms with Gasteiger partial charge in [0.05, 0.1) is 6.54 Å². The second-order valence-electron chi connectivity index (χ2n) is 3.31. The predicted octanol–water partition coefficient (Wildman–Crippen LogP) is 0.799. The van der Waals surface area contributed by atoms with Gasteiger partial charge < -0.3 is 15.6 Å². The lowest BCUT2D eigenvalue weighted by Gasteiger charge is -2.18. The molecule has 3 N–H and O–H groups in total. The number of carboxylic acid groups (broad SMARTS) is 1. The van der Waals surface area contributed by atoms with E-state index in [0.29, 0.717) is 0 Å². The van der Waals surface area contributed by atoms with Crippen molar-refractivity contribution in [2.45, 2.75) is 33.3 Å². The maximum Gasteiger partial charge on any atom is 0.320 e. The van der Waals surface area contributed by atoms with Crippen LogP contribution >= 0.6 is 12.4 Å². The molecule has 0 rings (SSSR count). The van der Waals surface area contributed by atoms with E-state index in [9.17, 15) is 4.79 Å². The number of carbonyl (C=O) groups excluding carboxylic acids is 1. The Balaban J connectivity index is -0.000000209. The van der Waals surface area contributed by atoms with Gasteiger partial charge in [0, 0.05) is 6.92 Å². The molecule has 0 aliphatic rings. The van der Waals surface area contributed by atoms with Gasteiger partial charge in [-0.15, -0.1) is 12.4 Å². The Morgan fingerprint density at radius 1 is 1.36 bits per heavy atom. The zero-order valence-electron chi connectivity index (χ0n) is 8.86. The molecular weight excluding hydrogens is 210 g/mol. The van der Waals surface area contributed by atoms with Crippen molar-refractivity contribution in [3.63, 3.8) is 0 Å². The van der Waals surface area contributed by atoms with E-state index in [1.54, 1.807) is 20.8 Å². The van der Waals surface area contributed by atoms with Crippen molar-refractivity contribution in [2.75, 3.05) is 6.54 Å². The van der Waals surface area contributed by atoms with Crippen molar-refractivity contribution < 1.29 is 19.4 Å². The lowest BCUT2D eigenvalue weighted by atomic mass is 10.2. The molecule has 6 heteroatoms. The Hall–Kier alpha value is -0.810. The molecule has 0 unspecified atom stereocenters. The van der Waals surface area contributed by atoms with Gasteiger partial charge in [-0.25, -0.2) is 0 Å². The first kappa shape index (κ1) is 18.9. The first-order chi connectivity index (χ1) is 5.69. The molecule has 0 atom stereocenters. The lowest BCUT2D eigenvalue weighted by Crippen LogP contribution is -2.28. The van der Waals surface area contributed by atoms with E-state index in [1.807, 2.05) is 0 Å². The predicted molar refractivity (Wildman–Crippen MR) is 55.5 cm³/mol. The minimum atomic E-state index is -0.833. The highest BCUT2D eigenvalue weighted by molar-refractivity contribution is 5.85. The number of rotatable bonds is 1. The third-order valence-corrected chi connectivity index (χ3v) is 0.587. The Kier molecular flexibility index (Phi) is 11.8. The number of hydrogen-bond acceptors (Lipinski definition) is 4. The third-order valence-electron chi connectivity index (χ3n) is 0.587. The van der Waals surface area contributed by atoms with Gasteiger partial charge in [0.15, 0.2) is 0 Å². The van der Waals surface area contributed by atoms with E-state index in [4.69, 9.17) is 20.4 Å². The first-order valence-corrected chi connectivity index (χ1v) is 3.80. The van der Waals surface area contributed by atoms with Crippen molar-refractivity contribution in [1.82, 2.24) is 0 Å². The number of aliphatic carboxylic acids is 1. The number of carboxylic acids is 1. The Morgan fingerprint density at radius 2 is 1.64 bits per heavy atom. The number of hydrogen-bond donors (Lipinski definition) is 2. The van der Waals surface area contributed by atoms with Crippen LogP contribution in [0.25, 0.3) is 0 Å². The van der Waals surface area contributed by atoms with Crippen LogP contribution in [0.3, 0.4) is 0 Å². The Bertz CT molecular complexity index is 173. The molecule has 0 spiro atoms. The van der Waals surface area contributed by atoms with Crippen molar-refractivity contribution >= 4 is 24.3 Å². The molecule has 0 aromatic carbocycles. The summed E-state index contributed by atoms with van der Waals surface area (Å²) >= 11 is 0. The molecule has 0 aliphatic heterocycles. The summed E-state index contributed by atoms with van der Waals surface area (Å²) in [5.41, 5.74) is 4.60. The van der Waals surface area contributed by atoms with Gasteiger partial charge in [-0.1, -0.05) is 0 Å². The minimum Gasteiger partial charge on any atom is -0.481 e. The molecule has 0 saturated heterocycles. The molecule has 5 nitrogen and oxygen atoms in total. The molecule has 0 radical (unpaired) electrons. The molecule has 0 heterocycles. The molecule has 0 amide bonds. The van der Waals surface area contributed by atoms with E-state index >= 15 is 0 Å². The van der Waals surface area contributed by atoms with Gasteiger partial charge in [0.1, 0.15) is 5.60 Å². The van der Waals surface area contributed by atoms with Crippen molar-refractivity contribution in [3.8, 4) is 0 Å². The van der Waals surface area contributed by atoms with Crippen LogP contribution in [0.5, 0.6) is 0 Å². The molecule has 0 fully saturated rings. The topological polar surface area (TPSA) is 89.6 Å². The largest absolute Gasteiger partial charge is 0.481 e. The van der Waals surface area contributed by atoms with E-state index in [2.05, 4.69) is 0 Å². The zero-order chi connectivity index (χ0) is 11.1.